The van der Waals surface area contributed by atoms with Gasteiger partial charge in [0.25, 0.3) is 25.8 Å². The third-order valence-corrected chi connectivity index (χ3v) is 27.9. The second kappa shape index (κ2) is 31.0. The van der Waals surface area contributed by atoms with Crippen LogP contribution in [0.15, 0.2) is 128 Å². The first-order valence-electron chi connectivity index (χ1n) is 37.3. The zero-order valence-electron chi connectivity index (χ0n) is 61.8. The summed E-state index contributed by atoms with van der Waals surface area (Å²) in [5.41, 5.74) is 3.34. The number of likely N-dealkylation sites (tertiary alicyclic amines) is 3. The van der Waals surface area contributed by atoms with Crippen LogP contribution in [0.5, 0.6) is 0 Å². The second-order valence-corrected chi connectivity index (χ2v) is 38.7. The zero-order chi connectivity index (χ0) is 75.1. The van der Waals surface area contributed by atoms with Crippen LogP contribution in [0.4, 0.5) is 24.5 Å². The lowest BCUT2D eigenvalue weighted by Crippen LogP contribution is -2.72. The maximum absolute atomic E-state index is 14.6. The van der Waals surface area contributed by atoms with Crippen molar-refractivity contribution in [2.24, 2.45) is 27.1 Å². The molecule has 2 bridgehead atoms. The largest absolute Gasteiger partial charge is 0.501 e. The molecule has 3 saturated carbocycles. The number of thiazole rings is 1. The van der Waals surface area contributed by atoms with Gasteiger partial charge in [-0.2, -0.15) is 13.2 Å². The standard InChI is InChI=1S/C79H103F3N10O9S4/c1-53(55-22-24-56(25-23-55)69-54(2)83-52-103-69)84-72(96)65-19-16-35-92(65)73(97)70(74(3,4)5)86-67(93)20-14-9-10-15-21-68(94)91-50-77(51-91)48-89(49-77)36-33-59(44-102-61-17-12-11-13-18-61)85-64-31-30-62(41-66(64)104(98,99)79(80,81)82)105(100,101)87-71(95)57-26-28-60(29-27-57)90-39-37-88(38-40-90)43-58-32-34-75(6,7)42-63(58)78-45-76(8,46-78)47-78/h11-13,17-18,22-31,41,52-53,59,65,70,85H,9-10,14-16,19-21,32-40,42-51H2,1-8H3,(H,84,96)(H,86,93)(H,87,95)/t53-,59+,65-,70?,76?,78?/m0/s1. The minimum absolute atomic E-state index is 0.00665. The quantitative estimate of drug-likeness (QED) is 0.0198. The molecule has 105 heavy (non-hydrogen) atoms. The van der Waals surface area contributed by atoms with Gasteiger partial charge >= 0.3 is 5.51 Å². The molecule has 26 heteroatoms. The molecule has 4 N–H and O–H groups in total. The fourth-order valence-corrected chi connectivity index (χ4v) is 21.1. The Balaban J connectivity index is 0.582. The molecule has 568 valence electrons. The van der Waals surface area contributed by atoms with Crippen LogP contribution in [0, 0.1) is 34.0 Å². The lowest BCUT2D eigenvalue weighted by Gasteiger charge is -2.72. The van der Waals surface area contributed by atoms with E-state index in [0.29, 0.717) is 112 Å². The van der Waals surface area contributed by atoms with Gasteiger partial charge in [-0.15, -0.1) is 23.1 Å². The number of aromatic nitrogens is 1. The van der Waals surface area contributed by atoms with Gasteiger partial charge in [-0.05, 0) is 172 Å². The summed E-state index contributed by atoms with van der Waals surface area (Å²) in [4.78, 5) is 83.0. The number of piperazine rings is 1. The van der Waals surface area contributed by atoms with E-state index in [1.165, 1.54) is 56.0 Å². The number of anilines is 2. The van der Waals surface area contributed by atoms with Gasteiger partial charge in [0, 0.05) is 118 Å². The van der Waals surface area contributed by atoms with Gasteiger partial charge in [0.2, 0.25) is 23.6 Å². The summed E-state index contributed by atoms with van der Waals surface area (Å²) in [6.07, 6.45) is 12.3. The number of thioether (sulfide) groups is 1. The van der Waals surface area contributed by atoms with Crippen molar-refractivity contribution in [2.45, 2.75) is 196 Å². The highest BCUT2D eigenvalue weighted by molar-refractivity contribution is 7.99. The topological polar surface area (TPSA) is 231 Å². The summed E-state index contributed by atoms with van der Waals surface area (Å²) in [5.74, 6) is -1.43. The van der Waals surface area contributed by atoms with Crippen molar-refractivity contribution in [2.75, 3.05) is 88.0 Å². The van der Waals surface area contributed by atoms with Gasteiger partial charge in [-0.3, -0.25) is 28.9 Å². The predicted octanol–water partition coefficient (Wildman–Crippen LogP) is 13.2. The second-order valence-electron chi connectivity index (χ2n) is 33.2. The number of carbonyl (C=O) groups is 5. The number of alkyl halides is 3. The van der Waals surface area contributed by atoms with Crippen LogP contribution in [0.25, 0.3) is 10.4 Å². The Morgan fingerprint density at radius 1 is 0.781 bits per heavy atom. The summed E-state index contributed by atoms with van der Waals surface area (Å²) < 4.78 is 100. The van der Waals surface area contributed by atoms with Gasteiger partial charge in [-0.1, -0.05) is 108 Å². The number of allylic oxidation sites excluding steroid dienone is 1. The molecule has 7 fully saturated rings. The maximum Gasteiger partial charge on any atom is 0.501 e. The van der Waals surface area contributed by atoms with Crippen LogP contribution in [-0.4, -0.2) is 172 Å². The van der Waals surface area contributed by atoms with Gasteiger partial charge in [0.15, 0.2) is 0 Å². The Hall–Kier alpha value is -6.84. The summed E-state index contributed by atoms with van der Waals surface area (Å²) in [7, 11) is -11.1. The number of benzene rings is 4. The van der Waals surface area contributed by atoms with E-state index < -0.39 is 70.3 Å². The Morgan fingerprint density at radius 2 is 1.46 bits per heavy atom. The molecule has 1 unspecified atom stereocenters. The molecular formula is C79H103F3N10O9S4. The van der Waals surface area contributed by atoms with E-state index in [0.717, 1.165) is 90.0 Å². The van der Waals surface area contributed by atoms with Crippen molar-refractivity contribution in [3.05, 3.63) is 131 Å². The molecule has 4 atom stereocenters. The SMILES string of the molecule is Cc1ncsc1-c1ccc([C@H](C)NC(=O)[C@@H]2CCCN2C(=O)C(NC(=O)CCCCCCC(=O)N2CC3(CN(CC[C@H](CSc4ccccc4)Nc4ccc(S(=O)(=O)NC(=O)c5ccc(N6CCN(CC7=C(C89CC(C)(C8)C9)CC(C)(C)CC7)CC6)cc5)cc4S(=O)(=O)C(F)(F)F)C3)C2)C(C)(C)C)cc1. The van der Waals surface area contributed by atoms with Crippen LogP contribution in [0.3, 0.4) is 0 Å². The van der Waals surface area contributed by atoms with Crippen LogP contribution in [-0.2, 0) is 39.0 Å². The van der Waals surface area contributed by atoms with E-state index >= 15 is 0 Å². The molecule has 5 amide bonds. The van der Waals surface area contributed by atoms with Crippen LogP contribution in [0.1, 0.15) is 172 Å². The average molecular weight is 1520 g/mol. The Labute approximate surface area is 626 Å². The summed E-state index contributed by atoms with van der Waals surface area (Å²) in [6, 6.07) is 23.9. The lowest BCUT2D eigenvalue weighted by molar-refractivity contribution is -0.167. The fourth-order valence-electron chi connectivity index (χ4n) is 17.3. The van der Waals surface area contributed by atoms with Gasteiger partial charge in [0.1, 0.15) is 17.0 Å². The third kappa shape index (κ3) is 17.8. The molecular weight excluding hydrogens is 1420 g/mol. The average Bonchev–Trinajstić information content (AvgIpc) is 0.924. The van der Waals surface area contributed by atoms with Gasteiger partial charge < -0.3 is 35.6 Å². The lowest BCUT2D eigenvalue weighted by atomic mass is 9.33. The predicted molar refractivity (Wildman–Crippen MR) is 406 cm³/mol. The van der Waals surface area contributed by atoms with Crippen molar-refractivity contribution >= 4 is 83.9 Å². The fraction of sp³-hybridized carbons (Fsp3) is 0.570. The van der Waals surface area contributed by atoms with Crippen molar-refractivity contribution in [1.82, 2.24) is 39.9 Å². The molecule has 4 aromatic carbocycles. The van der Waals surface area contributed by atoms with E-state index in [4.69, 9.17) is 0 Å². The van der Waals surface area contributed by atoms with E-state index in [2.05, 4.69) is 56.4 Å². The number of carbonyl (C=O) groups excluding carboxylic acids is 5. The van der Waals surface area contributed by atoms with Crippen molar-refractivity contribution in [3.8, 4) is 10.4 Å². The highest BCUT2D eigenvalue weighted by Gasteiger charge is 2.67. The number of rotatable bonds is 29. The summed E-state index contributed by atoms with van der Waals surface area (Å²) >= 11 is 3.01. The van der Waals surface area contributed by atoms with Crippen molar-refractivity contribution in [1.29, 1.82) is 0 Å². The molecule has 5 aromatic rings. The minimum Gasteiger partial charge on any atom is -0.380 e. The highest BCUT2D eigenvalue weighted by Crippen LogP contribution is 2.77. The molecule has 19 nitrogen and oxygen atoms in total. The number of aryl methyl sites for hydroxylation is 1. The van der Waals surface area contributed by atoms with Gasteiger partial charge in [0.05, 0.1) is 32.7 Å². The Kier molecular flexibility index (Phi) is 23.0. The Morgan fingerprint density at radius 3 is 2.10 bits per heavy atom. The number of hydrogen-bond donors (Lipinski definition) is 4. The first kappa shape index (κ1) is 77.8. The zero-order valence-corrected chi connectivity index (χ0v) is 65.1. The molecule has 0 radical (unpaired) electrons. The number of hydrogen-bond acceptors (Lipinski definition) is 16. The molecule has 8 aliphatic rings. The first-order chi connectivity index (χ1) is 49.6. The Bertz CT molecular complexity index is 4260. The normalized spacial score (nSPS) is 22.6. The van der Waals surface area contributed by atoms with E-state index in [1.807, 2.05) is 104 Å². The number of sulfone groups is 1. The van der Waals surface area contributed by atoms with Gasteiger partial charge in [-0.25, -0.2) is 26.5 Å². The molecule has 4 saturated heterocycles. The molecule has 1 spiro atoms. The number of amides is 5. The van der Waals surface area contributed by atoms with E-state index in [-0.39, 0.29) is 47.1 Å². The first-order valence-corrected chi connectivity index (χ1v) is 42.1. The number of halogens is 3. The monoisotopic (exact) mass is 1520 g/mol. The highest BCUT2D eigenvalue weighted by atomic mass is 32.2. The van der Waals surface area contributed by atoms with Crippen molar-refractivity contribution < 1.29 is 54.0 Å². The molecule has 5 heterocycles. The van der Waals surface area contributed by atoms with E-state index in [1.54, 1.807) is 39.5 Å². The number of unbranched alkanes of at least 4 members (excludes halogenated alkanes) is 3. The summed E-state index contributed by atoms with van der Waals surface area (Å²) in [6.45, 7) is 24.5. The number of nitrogens with zero attached hydrogens (tertiary/aromatic N) is 6. The van der Waals surface area contributed by atoms with E-state index in [9.17, 15) is 54.0 Å². The summed E-state index contributed by atoms with van der Waals surface area (Å²) in [5, 5.41) is 9.17. The number of nitrogens with one attached hydrogen (secondary N) is 4. The van der Waals surface area contributed by atoms with Crippen molar-refractivity contribution in [3.63, 3.8) is 0 Å². The molecule has 1 aromatic heterocycles. The van der Waals surface area contributed by atoms with Crippen LogP contribution < -0.4 is 25.6 Å². The van der Waals surface area contributed by atoms with Crippen LogP contribution in [0.2, 0.25) is 0 Å². The molecule has 4 aliphatic heterocycles. The minimum atomic E-state index is -6.15. The smallest absolute Gasteiger partial charge is 0.380 e. The number of sulfonamides is 1. The van der Waals surface area contributed by atoms with Crippen LogP contribution >= 0.6 is 23.1 Å². The molecule has 13 rings (SSSR count). The third-order valence-electron chi connectivity index (χ3n) is 22.9. The maximum atomic E-state index is 14.6. The molecule has 4 aliphatic carbocycles.